The molecule has 0 aliphatic carbocycles. The highest BCUT2D eigenvalue weighted by Gasteiger charge is 2.31. The molecule has 0 saturated carbocycles. The highest BCUT2D eigenvalue weighted by molar-refractivity contribution is 5.76. The average Bonchev–Trinajstić information content (AvgIpc) is 3.32. The van der Waals surface area contributed by atoms with E-state index in [9.17, 15) is 4.79 Å². The van der Waals surface area contributed by atoms with Crippen molar-refractivity contribution >= 4 is 17.1 Å². The third-order valence-electron chi connectivity index (χ3n) is 5.44. The number of nitrogens with zero attached hydrogens (tertiary/aromatic N) is 4. The van der Waals surface area contributed by atoms with Crippen molar-refractivity contribution in [2.75, 3.05) is 13.1 Å². The zero-order chi connectivity index (χ0) is 19.7. The van der Waals surface area contributed by atoms with E-state index in [1.807, 2.05) is 17.2 Å². The zero-order valence-electron chi connectivity index (χ0n) is 16.7. The Bertz CT molecular complexity index is 976. The second-order valence-corrected chi connectivity index (χ2v) is 7.87. The van der Waals surface area contributed by atoms with Crippen molar-refractivity contribution in [3.63, 3.8) is 0 Å². The third kappa shape index (κ3) is 3.59. The topological polar surface area (TPSA) is 63.1 Å². The highest BCUT2D eigenvalue weighted by Crippen LogP contribution is 2.31. The van der Waals surface area contributed by atoms with E-state index in [0.29, 0.717) is 19.1 Å². The molecule has 28 heavy (non-hydrogen) atoms. The lowest BCUT2D eigenvalue weighted by Gasteiger charge is -2.19. The Morgan fingerprint density at radius 1 is 1.25 bits per heavy atom. The molecule has 1 aliphatic rings. The summed E-state index contributed by atoms with van der Waals surface area (Å²) in [7, 11) is 0. The molecule has 0 spiro atoms. The minimum atomic E-state index is -0.00282. The van der Waals surface area contributed by atoms with Crippen LogP contribution in [0.4, 0.5) is 4.79 Å². The molecule has 1 unspecified atom stereocenters. The van der Waals surface area contributed by atoms with E-state index in [1.54, 1.807) is 6.20 Å². The Kier molecular flexibility index (Phi) is 5.03. The smallest absolute Gasteiger partial charge is 0.317 e. The van der Waals surface area contributed by atoms with Gasteiger partial charge in [-0.05, 0) is 38.8 Å². The van der Waals surface area contributed by atoms with Crippen LogP contribution < -0.4 is 5.32 Å². The van der Waals surface area contributed by atoms with Crippen LogP contribution in [0.2, 0.25) is 0 Å². The van der Waals surface area contributed by atoms with Gasteiger partial charge in [-0.3, -0.25) is 4.98 Å². The second-order valence-electron chi connectivity index (χ2n) is 7.87. The fraction of sp³-hybridized carbons (Fsp3) is 0.409. The molecule has 1 fully saturated rings. The van der Waals surface area contributed by atoms with Crippen molar-refractivity contribution in [1.29, 1.82) is 0 Å². The van der Waals surface area contributed by atoms with Gasteiger partial charge in [-0.1, -0.05) is 29.8 Å². The summed E-state index contributed by atoms with van der Waals surface area (Å²) < 4.78 is 2.26. The third-order valence-corrected chi connectivity index (χ3v) is 5.44. The molecular weight excluding hydrogens is 350 g/mol. The number of fused-ring (bicyclic) bond motifs is 1. The number of urea groups is 1. The molecule has 2 aromatic heterocycles. The molecule has 0 bridgehead atoms. The van der Waals surface area contributed by atoms with Crippen LogP contribution in [0.1, 0.15) is 49.2 Å². The average molecular weight is 377 g/mol. The quantitative estimate of drug-likeness (QED) is 0.747. The molecule has 6 nitrogen and oxygen atoms in total. The van der Waals surface area contributed by atoms with Gasteiger partial charge in [-0.25, -0.2) is 9.78 Å². The summed E-state index contributed by atoms with van der Waals surface area (Å²) in [5.74, 6) is 1.31. The van der Waals surface area contributed by atoms with Gasteiger partial charge in [0.2, 0.25) is 0 Å². The Labute approximate surface area is 165 Å². The Morgan fingerprint density at radius 2 is 2.04 bits per heavy atom. The SMILES string of the molecule is Cc1ccc(CNC(=O)N2CCC(c3nc4ccncc4n3C(C)C)C2)cc1. The standard InChI is InChI=1S/C22H27N5O/c1-15(2)27-20-13-23-10-8-19(20)25-21(27)18-9-11-26(14-18)22(28)24-12-17-6-4-16(3)5-7-17/h4-8,10,13,15,18H,9,11-12,14H2,1-3H3,(H,24,28). The van der Waals surface area contributed by atoms with Crippen molar-refractivity contribution in [2.45, 2.75) is 45.7 Å². The van der Waals surface area contributed by atoms with Gasteiger partial charge in [0.05, 0.1) is 17.2 Å². The van der Waals surface area contributed by atoms with Gasteiger partial charge in [0, 0.05) is 37.8 Å². The number of likely N-dealkylation sites (tertiary alicyclic amines) is 1. The molecule has 4 rings (SSSR count). The van der Waals surface area contributed by atoms with E-state index in [2.05, 4.69) is 59.9 Å². The van der Waals surface area contributed by atoms with Crippen molar-refractivity contribution in [1.82, 2.24) is 24.8 Å². The molecule has 2 amide bonds. The number of benzene rings is 1. The molecule has 1 saturated heterocycles. The molecule has 0 radical (unpaired) electrons. The van der Waals surface area contributed by atoms with Crippen LogP contribution in [-0.4, -0.2) is 38.6 Å². The first kappa shape index (κ1) is 18.5. The van der Waals surface area contributed by atoms with Crippen LogP contribution in [0, 0.1) is 6.92 Å². The summed E-state index contributed by atoms with van der Waals surface area (Å²) in [6.45, 7) is 8.40. The number of carbonyl (C=O) groups excluding carboxylic acids is 1. The monoisotopic (exact) mass is 377 g/mol. The number of aromatic nitrogens is 3. The van der Waals surface area contributed by atoms with E-state index in [-0.39, 0.29) is 11.9 Å². The Morgan fingerprint density at radius 3 is 2.79 bits per heavy atom. The number of hydrogen-bond acceptors (Lipinski definition) is 3. The minimum Gasteiger partial charge on any atom is -0.334 e. The molecule has 3 heterocycles. The van der Waals surface area contributed by atoms with Crippen molar-refractivity contribution < 1.29 is 4.79 Å². The summed E-state index contributed by atoms with van der Waals surface area (Å²) in [6, 6.07) is 10.5. The van der Waals surface area contributed by atoms with Crippen LogP contribution >= 0.6 is 0 Å². The predicted molar refractivity (Wildman–Crippen MR) is 110 cm³/mol. The number of imidazole rings is 1. The number of nitrogens with one attached hydrogen (secondary N) is 1. The number of pyridine rings is 1. The van der Waals surface area contributed by atoms with Crippen LogP contribution in [0.3, 0.4) is 0 Å². The summed E-state index contributed by atoms with van der Waals surface area (Å²) in [4.78, 5) is 23.7. The maximum atomic E-state index is 12.6. The molecule has 1 aliphatic heterocycles. The molecule has 3 aromatic rings. The largest absolute Gasteiger partial charge is 0.334 e. The fourth-order valence-electron chi connectivity index (χ4n) is 3.94. The predicted octanol–water partition coefficient (Wildman–Crippen LogP) is 4.02. The van der Waals surface area contributed by atoms with E-state index >= 15 is 0 Å². The molecule has 6 heteroatoms. The number of hydrogen-bond donors (Lipinski definition) is 1. The van der Waals surface area contributed by atoms with Gasteiger partial charge in [0.1, 0.15) is 5.82 Å². The van der Waals surface area contributed by atoms with Crippen LogP contribution in [0.5, 0.6) is 0 Å². The lowest BCUT2D eigenvalue weighted by molar-refractivity contribution is 0.207. The van der Waals surface area contributed by atoms with Crippen LogP contribution in [-0.2, 0) is 6.54 Å². The molecule has 1 atom stereocenters. The lowest BCUT2D eigenvalue weighted by atomic mass is 10.1. The highest BCUT2D eigenvalue weighted by atomic mass is 16.2. The maximum Gasteiger partial charge on any atom is 0.317 e. The van der Waals surface area contributed by atoms with Crippen molar-refractivity contribution in [3.05, 3.63) is 59.7 Å². The normalized spacial score (nSPS) is 16.9. The minimum absolute atomic E-state index is 0.00282. The van der Waals surface area contributed by atoms with Gasteiger partial charge < -0.3 is 14.8 Å². The zero-order valence-corrected chi connectivity index (χ0v) is 16.7. The first-order valence-electron chi connectivity index (χ1n) is 9.93. The number of aryl methyl sites for hydroxylation is 1. The fourth-order valence-corrected chi connectivity index (χ4v) is 3.94. The Hall–Kier alpha value is -2.89. The van der Waals surface area contributed by atoms with Gasteiger partial charge in [0.15, 0.2) is 0 Å². The van der Waals surface area contributed by atoms with E-state index in [0.717, 1.165) is 35.4 Å². The van der Waals surface area contributed by atoms with Crippen LogP contribution in [0.25, 0.3) is 11.0 Å². The molecule has 146 valence electrons. The maximum absolute atomic E-state index is 12.6. The Balaban J connectivity index is 1.45. The summed E-state index contributed by atoms with van der Waals surface area (Å²) in [5.41, 5.74) is 4.38. The first-order valence-corrected chi connectivity index (χ1v) is 9.93. The summed E-state index contributed by atoms with van der Waals surface area (Å²) >= 11 is 0. The summed E-state index contributed by atoms with van der Waals surface area (Å²) in [6.07, 6.45) is 4.59. The number of carbonyl (C=O) groups is 1. The van der Waals surface area contributed by atoms with E-state index in [4.69, 9.17) is 4.98 Å². The lowest BCUT2D eigenvalue weighted by Crippen LogP contribution is -2.38. The molecule has 1 aromatic carbocycles. The van der Waals surface area contributed by atoms with E-state index < -0.39 is 0 Å². The first-order chi connectivity index (χ1) is 13.5. The van der Waals surface area contributed by atoms with Gasteiger partial charge >= 0.3 is 6.03 Å². The number of rotatable bonds is 4. The van der Waals surface area contributed by atoms with E-state index in [1.165, 1.54) is 5.56 Å². The van der Waals surface area contributed by atoms with Crippen molar-refractivity contribution in [2.24, 2.45) is 0 Å². The van der Waals surface area contributed by atoms with Gasteiger partial charge in [0.25, 0.3) is 0 Å². The molecule has 1 N–H and O–H groups in total. The molecular formula is C22H27N5O. The van der Waals surface area contributed by atoms with Gasteiger partial charge in [-0.2, -0.15) is 0 Å². The number of amides is 2. The second kappa shape index (κ2) is 7.62. The van der Waals surface area contributed by atoms with Crippen molar-refractivity contribution in [3.8, 4) is 0 Å². The van der Waals surface area contributed by atoms with Gasteiger partial charge in [-0.15, -0.1) is 0 Å². The summed E-state index contributed by atoms with van der Waals surface area (Å²) in [5, 5.41) is 3.05. The van der Waals surface area contributed by atoms with Crippen LogP contribution in [0.15, 0.2) is 42.7 Å².